The lowest BCUT2D eigenvalue weighted by atomic mass is 10.2. The van der Waals surface area contributed by atoms with E-state index in [1.807, 2.05) is 6.92 Å². The van der Waals surface area contributed by atoms with E-state index >= 15 is 0 Å². The second-order valence-corrected chi connectivity index (χ2v) is 5.76. The highest BCUT2D eigenvalue weighted by Crippen LogP contribution is 2.12. The third-order valence-corrected chi connectivity index (χ3v) is 4.17. The van der Waals surface area contributed by atoms with Crippen LogP contribution in [0.3, 0.4) is 0 Å². The molecule has 0 aromatic heterocycles. The first-order chi connectivity index (χ1) is 8.40. The number of nitrogens with one attached hydrogen (secondary N) is 1. The highest BCUT2D eigenvalue weighted by molar-refractivity contribution is 7.89. The molecule has 0 spiro atoms. The van der Waals surface area contributed by atoms with Gasteiger partial charge in [0.15, 0.2) is 5.78 Å². The van der Waals surface area contributed by atoms with E-state index in [4.69, 9.17) is 5.73 Å². The predicted molar refractivity (Wildman–Crippen MR) is 69.9 cm³/mol. The Bertz CT molecular complexity index is 522. The van der Waals surface area contributed by atoms with Gasteiger partial charge in [0.25, 0.3) is 0 Å². The van der Waals surface area contributed by atoms with Gasteiger partial charge in [-0.15, -0.1) is 0 Å². The largest absolute Gasteiger partial charge is 0.329 e. The van der Waals surface area contributed by atoms with Gasteiger partial charge in [0.1, 0.15) is 0 Å². The molecule has 0 saturated carbocycles. The van der Waals surface area contributed by atoms with Crippen molar-refractivity contribution in [2.75, 3.05) is 6.54 Å². The Morgan fingerprint density at radius 2 is 2.11 bits per heavy atom. The van der Waals surface area contributed by atoms with Crippen molar-refractivity contribution in [3.8, 4) is 0 Å². The fourth-order valence-electron chi connectivity index (χ4n) is 1.47. The highest BCUT2D eigenvalue weighted by Gasteiger charge is 2.18. The normalized spacial score (nSPS) is 13.3. The Labute approximate surface area is 107 Å². The molecule has 1 aromatic rings. The number of benzene rings is 1. The van der Waals surface area contributed by atoms with Crippen molar-refractivity contribution in [3.05, 3.63) is 29.8 Å². The summed E-state index contributed by atoms with van der Waals surface area (Å²) >= 11 is 0. The van der Waals surface area contributed by atoms with Gasteiger partial charge in [-0.3, -0.25) is 4.79 Å². The van der Waals surface area contributed by atoms with Gasteiger partial charge >= 0.3 is 0 Å². The average Bonchev–Trinajstić information content (AvgIpc) is 2.36. The van der Waals surface area contributed by atoms with E-state index in [0.717, 1.165) is 0 Å². The average molecular weight is 270 g/mol. The molecule has 1 unspecified atom stereocenters. The number of Topliss-reactive ketones (excluding diaryl/α,β-unsaturated/α-hetero) is 1. The highest BCUT2D eigenvalue weighted by atomic mass is 32.2. The van der Waals surface area contributed by atoms with Gasteiger partial charge in [0.05, 0.1) is 4.90 Å². The van der Waals surface area contributed by atoms with Crippen LogP contribution in [0.1, 0.15) is 30.6 Å². The van der Waals surface area contributed by atoms with Crippen LogP contribution in [0.2, 0.25) is 0 Å². The summed E-state index contributed by atoms with van der Waals surface area (Å²) in [4.78, 5) is 11.3. The minimum absolute atomic E-state index is 0.0853. The zero-order chi connectivity index (χ0) is 13.8. The zero-order valence-corrected chi connectivity index (χ0v) is 11.3. The van der Waals surface area contributed by atoms with Gasteiger partial charge in [-0.2, -0.15) is 0 Å². The molecule has 0 fully saturated rings. The van der Waals surface area contributed by atoms with E-state index in [-0.39, 0.29) is 23.3 Å². The smallest absolute Gasteiger partial charge is 0.240 e. The van der Waals surface area contributed by atoms with Crippen LogP contribution in [0.4, 0.5) is 0 Å². The van der Waals surface area contributed by atoms with Crippen molar-refractivity contribution in [1.82, 2.24) is 4.72 Å². The number of carbonyl (C=O) groups excluding carboxylic acids is 1. The summed E-state index contributed by atoms with van der Waals surface area (Å²) < 4.78 is 26.6. The molecule has 0 aliphatic rings. The van der Waals surface area contributed by atoms with Crippen LogP contribution in [-0.4, -0.2) is 26.8 Å². The third-order valence-electron chi connectivity index (χ3n) is 2.65. The van der Waals surface area contributed by atoms with Crippen LogP contribution in [0.15, 0.2) is 29.2 Å². The molecule has 0 saturated heterocycles. The summed E-state index contributed by atoms with van der Waals surface area (Å²) in [5, 5.41) is 0. The van der Waals surface area contributed by atoms with Crippen molar-refractivity contribution >= 4 is 15.8 Å². The number of hydrogen-bond acceptors (Lipinski definition) is 4. The summed E-state index contributed by atoms with van der Waals surface area (Å²) in [7, 11) is -3.62. The van der Waals surface area contributed by atoms with Gasteiger partial charge in [0.2, 0.25) is 10.0 Å². The second-order valence-electron chi connectivity index (χ2n) is 4.05. The maximum Gasteiger partial charge on any atom is 0.240 e. The van der Waals surface area contributed by atoms with Crippen molar-refractivity contribution in [2.45, 2.75) is 31.2 Å². The van der Waals surface area contributed by atoms with E-state index in [0.29, 0.717) is 12.0 Å². The van der Waals surface area contributed by atoms with E-state index in [9.17, 15) is 13.2 Å². The number of hydrogen-bond donors (Lipinski definition) is 2. The third kappa shape index (κ3) is 3.63. The Morgan fingerprint density at radius 1 is 1.44 bits per heavy atom. The lowest BCUT2D eigenvalue weighted by Gasteiger charge is -2.15. The number of ketones is 1. The molecule has 1 rings (SSSR count). The molecule has 5 nitrogen and oxygen atoms in total. The van der Waals surface area contributed by atoms with Crippen molar-refractivity contribution in [1.29, 1.82) is 0 Å². The van der Waals surface area contributed by atoms with Crippen molar-refractivity contribution < 1.29 is 13.2 Å². The maximum absolute atomic E-state index is 12.1. The Hall–Kier alpha value is -1.24. The van der Waals surface area contributed by atoms with Crippen molar-refractivity contribution in [3.63, 3.8) is 0 Å². The lowest BCUT2D eigenvalue weighted by molar-refractivity contribution is 0.101. The molecule has 0 heterocycles. The van der Waals surface area contributed by atoms with Gasteiger partial charge in [-0.05, 0) is 25.5 Å². The Balaban J connectivity index is 3.05. The molecule has 0 radical (unpaired) electrons. The molecule has 0 aliphatic heterocycles. The monoisotopic (exact) mass is 270 g/mol. The predicted octanol–water partition coefficient (Wildman–Crippen LogP) is 0.905. The lowest BCUT2D eigenvalue weighted by Crippen LogP contribution is -2.39. The van der Waals surface area contributed by atoms with E-state index in [1.165, 1.54) is 19.1 Å². The van der Waals surface area contributed by atoms with Crippen LogP contribution in [0.25, 0.3) is 0 Å². The number of rotatable bonds is 6. The van der Waals surface area contributed by atoms with Crippen LogP contribution >= 0.6 is 0 Å². The summed E-state index contributed by atoms with van der Waals surface area (Å²) in [6.45, 7) is 3.49. The number of nitrogens with two attached hydrogens (primary N) is 1. The molecule has 6 heteroatoms. The molecule has 1 atom stereocenters. The molecule has 1 aromatic carbocycles. The van der Waals surface area contributed by atoms with Gasteiger partial charge in [-0.25, -0.2) is 13.1 Å². The first kappa shape index (κ1) is 14.8. The molecule has 18 heavy (non-hydrogen) atoms. The standard InChI is InChI=1S/C12H18N2O3S/c1-3-11(8-13)14-18(16,17)12-6-4-5-10(7-12)9(2)15/h4-7,11,14H,3,8,13H2,1-2H3. The fourth-order valence-corrected chi connectivity index (χ4v) is 2.85. The Morgan fingerprint density at radius 3 is 2.61 bits per heavy atom. The maximum atomic E-state index is 12.1. The second kappa shape index (κ2) is 6.08. The summed E-state index contributed by atoms with van der Waals surface area (Å²) in [5.41, 5.74) is 5.84. The van der Waals surface area contributed by atoms with E-state index in [2.05, 4.69) is 4.72 Å². The van der Waals surface area contributed by atoms with Crippen LogP contribution < -0.4 is 10.5 Å². The topological polar surface area (TPSA) is 89.3 Å². The minimum Gasteiger partial charge on any atom is -0.329 e. The summed E-state index contributed by atoms with van der Waals surface area (Å²) in [6.07, 6.45) is 0.613. The Kier molecular flexibility index (Phi) is 5.01. The molecular formula is C12H18N2O3S. The van der Waals surface area contributed by atoms with Crippen molar-refractivity contribution in [2.24, 2.45) is 5.73 Å². The molecule has 3 N–H and O–H groups in total. The summed E-state index contributed by atoms with van der Waals surface area (Å²) in [6, 6.07) is 5.67. The van der Waals surface area contributed by atoms with E-state index < -0.39 is 10.0 Å². The minimum atomic E-state index is -3.62. The van der Waals surface area contributed by atoms with Gasteiger partial charge in [0, 0.05) is 18.2 Å². The van der Waals surface area contributed by atoms with Gasteiger partial charge in [-0.1, -0.05) is 19.1 Å². The SMILES string of the molecule is CCC(CN)NS(=O)(=O)c1cccc(C(C)=O)c1. The van der Waals surface area contributed by atoms with Gasteiger partial charge < -0.3 is 5.73 Å². The molecule has 100 valence electrons. The van der Waals surface area contributed by atoms with Crippen LogP contribution in [0.5, 0.6) is 0 Å². The number of carbonyl (C=O) groups is 1. The zero-order valence-electron chi connectivity index (χ0n) is 10.5. The molecule has 0 aliphatic carbocycles. The molecular weight excluding hydrogens is 252 g/mol. The first-order valence-electron chi connectivity index (χ1n) is 5.74. The van der Waals surface area contributed by atoms with Crippen LogP contribution in [0, 0.1) is 0 Å². The summed E-state index contributed by atoms with van der Waals surface area (Å²) in [5.74, 6) is -0.169. The molecule has 0 amide bonds. The number of sulfonamides is 1. The van der Waals surface area contributed by atoms with E-state index in [1.54, 1.807) is 12.1 Å². The van der Waals surface area contributed by atoms with Crippen LogP contribution in [-0.2, 0) is 10.0 Å². The first-order valence-corrected chi connectivity index (χ1v) is 7.22. The molecule has 0 bridgehead atoms. The fraction of sp³-hybridized carbons (Fsp3) is 0.417. The quantitative estimate of drug-likeness (QED) is 0.752.